The number of ether oxygens (including phenoxy) is 2. The minimum atomic E-state index is -0.327. The number of carbonyl (C=O) groups is 1. The second-order valence-electron chi connectivity index (χ2n) is 2.53. The molecule has 1 N–H and O–H groups in total. The minimum Gasteiger partial charge on any atom is -0.450 e. The second-order valence-corrected chi connectivity index (χ2v) is 2.53. The number of esters is 1. The summed E-state index contributed by atoms with van der Waals surface area (Å²) in [6.45, 7) is 5.38. The fraction of sp³-hybridized carbons (Fsp3) is 0.778. The van der Waals surface area contributed by atoms with Crippen molar-refractivity contribution >= 4 is 5.97 Å². The Morgan fingerprint density at radius 2 is 2.21 bits per heavy atom. The lowest BCUT2D eigenvalue weighted by molar-refractivity contribution is -0.141. The summed E-state index contributed by atoms with van der Waals surface area (Å²) in [5, 5.41) is 11.0. The fourth-order valence-corrected chi connectivity index (χ4v) is 0.731. The molecule has 0 aromatic carbocycles. The quantitative estimate of drug-likeness (QED) is 0.639. The predicted molar refractivity (Wildman–Crippen MR) is 50.6 cm³/mol. The van der Waals surface area contributed by atoms with Gasteiger partial charge in [0.2, 0.25) is 0 Å². The smallest absolute Gasteiger partial charge is 0.306 e. The van der Waals surface area contributed by atoms with Crippen molar-refractivity contribution in [2.75, 3.05) is 32.9 Å². The van der Waals surface area contributed by atoms with Gasteiger partial charge in [0, 0.05) is 19.5 Å². The van der Waals surface area contributed by atoms with E-state index in [1.165, 1.54) is 0 Å². The maximum atomic E-state index is 10.2. The van der Waals surface area contributed by atoms with Crippen LogP contribution in [0.25, 0.3) is 0 Å². The van der Waals surface area contributed by atoms with Crippen molar-refractivity contribution in [2.24, 2.45) is 0 Å². The van der Waals surface area contributed by atoms with Crippen LogP contribution in [-0.4, -0.2) is 38.9 Å². The molecule has 0 atom stereocenters. The molecule has 0 aromatic rings. The molecule has 0 unspecified atom stereocenters. The largest absolute Gasteiger partial charge is 0.450 e. The standard InChI is InChI=1S/C5H7NO2.C4H9NO/c1-2-5(7)8-4-3-6;1-3-6-4-2-5-1/h2,4H2,1H3;5H,1-4H2. The zero-order valence-electron chi connectivity index (χ0n) is 8.41. The van der Waals surface area contributed by atoms with Crippen molar-refractivity contribution in [1.82, 2.24) is 5.32 Å². The van der Waals surface area contributed by atoms with Gasteiger partial charge in [-0.1, -0.05) is 6.92 Å². The van der Waals surface area contributed by atoms with Crippen LogP contribution in [0, 0.1) is 11.3 Å². The molecular formula is C9H16N2O3. The lowest BCUT2D eigenvalue weighted by Crippen LogP contribution is -2.30. The Kier molecular flexibility index (Phi) is 9.17. The van der Waals surface area contributed by atoms with Crippen LogP contribution in [0.4, 0.5) is 0 Å². The summed E-state index contributed by atoms with van der Waals surface area (Å²) in [5.74, 6) is -0.327. The molecule has 1 aliphatic heterocycles. The van der Waals surface area contributed by atoms with Crippen LogP contribution in [0.3, 0.4) is 0 Å². The lowest BCUT2D eigenvalue weighted by Gasteiger charge is -2.10. The topological polar surface area (TPSA) is 71.3 Å². The average Bonchev–Trinajstić information content (AvgIpc) is 2.29. The van der Waals surface area contributed by atoms with E-state index in [2.05, 4.69) is 10.1 Å². The third kappa shape index (κ3) is 8.97. The summed E-state index contributed by atoms with van der Waals surface area (Å²) >= 11 is 0. The van der Waals surface area contributed by atoms with E-state index < -0.39 is 0 Å². The summed E-state index contributed by atoms with van der Waals surface area (Å²) in [4.78, 5) is 10.2. The van der Waals surface area contributed by atoms with E-state index >= 15 is 0 Å². The highest BCUT2D eigenvalue weighted by molar-refractivity contribution is 5.68. The first-order valence-corrected chi connectivity index (χ1v) is 4.62. The predicted octanol–water partition coefficient (Wildman–Crippen LogP) is 0.0694. The van der Waals surface area contributed by atoms with Crippen LogP contribution in [-0.2, 0) is 14.3 Å². The lowest BCUT2D eigenvalue weighted by atomic mass is 10.5. The van der Waals surface area contributed by atoms with Gasteiger partial charge in [-0.25, -0.2) is 0 Å². The maximum Gasteiger partial charge on any atom is 0.306 e. The summed E-state index contributed by atoms with van der Waals surface area (Å²) in [7, 11) is 0. The van der Waals surface area contributed by atoms with Gasteiger partial charge in [0.15, 0.2) is 6.61 Å². The molecule has 0 bridgehead atoms. The minimum absolute atomic E-state index is 0.132. The fourth-order valence-electron chi connectivity index (χ4n) is 0.731. The SMILES string of the molecule is C1COCCN1.CCC(=O)OCC#N. The molecule has 1 rings (SSSR count). The molecule has 5 heteroatoms. The Morgan fingerprint density at radius 3 is 2.50 bits per heavy atom. The molecule has 0 saturated carbocycles. The highest BCUT2D eigenvalue weighted by atomic mass is 16.5. The number of nitriles is 1. The number of rotatable bonds is 2. The number of nitrogens with one attached hydrogen (secondary N) is 1. The van der Waals surface area contributed by atoms with Crippen LogP contribution in [0.1, 0.15) is 13.3 Å². The van der Waals surface area contributed by atoms with Crippen LogP contribution in [0.5, 0.6) is 0 Å². The van der Waals surface area contributed by atoms with Crippen LogP contribution in [0.15, 0.2) is 0 Å². The number of hydrogen-bond donors (Lipinski definition) is 1. The molecule has 14 heavy (non-hydrogen) atoms. The Balaban J connectivity index is 0.000000249. The van der Waals surface area contributed by atoms with E-state index in [-0.39, 0.29) is 12.6 Å². The highest BCUT2D eigenvalue weighted by Crippen LogP contribution is 1.80. The molecule has 0 amide bonds. The Bertz CT molecular complexity index is 173. The monoisotopic (exact) mass is 200 g/mol. The van der Waals surface area contributed by atoms with Gasteiger partial charge in [0.25, 0.3) is 0 Å². The van der Waals surface area contributed by atoms with Crippen LogP contribution < -0.4 is 5.32 Å². The number of morpholine rings is 1. The van der Waals surface area contributed by atoms with Gasteiger partial charge in [-0.15, -0.1) is 0 Å². The van der Waals surface area contributed by atoms with Crippen molar-refractivity contribution in [3.63, 3.8) is 0 Å². The third-order valence-corrected chi connectivity index (χ3v) is 1.43. The first-order chi connectivity index (χ1) is 6.81. The Hall–Kier alpha value is -1.12. The van der Waals surface area contributed by atoms with Crippen LogP contribution in [0.2, 0.25) is 0 Å². The molecule has 0 aliphatic carbocycles. The van der Waals surface area contributed by atoms with Gasteiger partial charge in [0.1, 0.15) is 6.07 Å². The molecule has 1 saturated heterocycles. The molecule has 0 radical (unpaired) electrons. The third-order valence-electron chi connectivity index (χ3n) is 1.43. The van der Waals surface area contributed by atoms with E-state index in [4.69, 9.17) is 10.00 Å². The van der Waals surface area contributed by atoms with E-state index in [9.17, 15) is 4.79 Å². The first kappa shape index (κ1) is 12.9. The molecule has 80 valence electrons. The van der Waals surface area contributed by atoms with E-state index in [0.717, 1.165) is 26.3 Å². The number of carbonyl (C=O) groups excluding carboxylic acids is 1. The van der Waals surface area contributed by atoms with Gasteiger partial charge in [0.05, 0.1) is 13.2 Å². The van der Waals surface area contributed by atoms with E-state index in [1.807, 2.05) is 0 Å². The van der Waals surface area contributed by atoms with Crippen LogP contribution >= 0.6 is 0 Å². The summed E-state index contributed by atoms with van der Waals surface area (Å²) in [6, 6.07) is 1.69. The van der Waals surface area contributed by atoms with E-state index in [0.29, 0.717) is 6.42 Å². The highest BCUT2D eigenvalue weighted by Gasteiger charge is 1.93. The number of hydrogen-bond acceptors (Lipinski definition) is 5. The number of nitrogens with zero attached hydrogens (tertiary/aromatic N) is 1. The average molecular weight is 200 g/mol. The van der Waals surface area contributed by atoms with Crippen molar-refractivity contribution in [3.8, 4) is 6.07 Å². The summed E-state index contributed by atoms with van der Waals surface area (Å²) < 4.78 is 9.35. The molecule has 0 aromatic heterocycles. The summed E-state index contributed by atoms with van der Waals surface area (Å²) in [6.07, 6.45) is 0.335. The van der Waals surface area contributed by atoms with E-state index in [1.54, 1.807) is 13.0 Å². The van der Waals surface area contributed by atoms with Gasteiger partial charge < -0.3 is 14.8 Å². The zero-order valence-corrected chi connectivity index (χ0v) is 8.41. The molecule has 0 spiro atoms. The molecule has 1 aliphatic rings. The molecular weight excluding hydrogens is 184 g/mol. The Labute approximate surface area is 84.0 Å². The maximum absolute atomic E-state index is 10.2. The van der Waals surface area contributed by atoms with Gasteiger partial charge >= 0.3 is 5.97 Å². The first-order valence-electron chi connectivity index (χ1n) is 4.62. The second kappa shape index (κ2) is 9.96. The van der Waals surface area contributed by atoms with Crippen molar-refractivity contribution in [2.45, 2.75) is 13.3 Å². The Morgan fingerprint density at radius 1 is 1.57 bits per heavy atom. The molecule has 5 nitrogen and oxygen atoms in total. The van der Waals surface area contributed by atoms with Gasteiger partial charge in [-0.3, -0.25) is 4.79 Å². The van der Waals surface area contributed by atoms with Crippen molar-refractivity contribution < 1.29 is 14.3 Å². The van der Waals surface area contributed by atoms with Crippen molar-refractivity contribution in [1.29, 1.82) is 5.26 Å². The van der Waals surface area contributed by atoms with Gasteiger partial charge in [-0.05, 0) is 0 Å². The van der Waals surface area contributed by atoms with Crippen molar-refractivity contribution in [3.05, 3.63) is 0 Å². The van der Waals surface area contributed by atoms with Gasteiger partial charge in [-0.2, -0.15) is 5.26 Å². The summed E-state index contributed by atoms with van der Waals surface area (Å²) in [5.41, 5.74) is 0. The normalized spacial score (nSPS) is 14.6. The molecule has 1 fully saturated rings. The zero-order chi connectivity index (χ0) is 10.6. The molecule has 1 heterocycles.